The van der Waals surface area contributed by atoms with Crippen LogP contribution in [0.5, 0.6) is 0 Å². The Labute approximate surface area is 299 Å². The molecule has 0 aromatic carbocycles. The summed E-state index contributed by atoms with van der Waals surface area (Å²) >= 11 is 0. The fourth-order valence-corrected chi connectivity index (χ4v) is 5.02. The van der Waals surface area contributed by atoms with Crippen LogP contribution in [0.3, 0.4) is 0 Å². The number of aliphatic carboxylic acids is 2. The van der Waals surface area contributed by atoms with E-state index < -0.39 is 11.9 Å². The van der Waals surface area contributed by atoms with Crippen molar-refractivity contribution in [1.29, 1.82) is 0 Å². The number of unbranched alkanes of at least 4 members (excludes halogenated alkanes) is 15. The second-order valence-electron chi connectivity index (χ2n) is 12.4. The largest absolute Gasteiger partial charge is 0.481 e. The van der Waals surface area contributed by atoms with E-state index in [1.165, 1.54) is 57.8 Å². The van der Waals surface area contributed by atoms with E-state index in [-0.39, 0.29) is 57.4 Å². The lowest BCUT2D eigenvalue weighted by molar-refractivity contribution is -0.143. The molecule has 0 spiro atoms. The van der Waals surface area contributed by atoms with Crippen molar-refractivity contribution in [1.82, 2.24) is 16.0 Å². The molecule has 14 nitrogen and oxygen atoms in total. The first kappa shape index (κ1) is 47.2. The highest BCUT2D eigenvalue weighted by Crippen LogP contribution is 2.14. The number of hydrogen-bond donors (Lipinski definition) is 5. The summed E-state index contributed by atoms with van der Waals surface area (Å²) < 4.78 is 20.7. The van der Waals surface area contributed by atoms with Crippen molar-refractivity contribution in [2.75, 3.05) is 72.5 Å². The van der Waals surface area contributed by atoms with Gasteiger partial charge in [0.05, 0.1) is 39.6 Å². The summed E-state index contributed by atoms with van der Waals surface area (Å²) in [5.74, 6) is -1.92. The van der Waals surface area contributed by atoms with Gasteiger partial charge >= 0.3 is 11.9 Å². The first-order valence-corrected chi connectivity index (χ1v) is 18.9. The predicted octanol–water partition coefficient (Wildman–Crippen LogP) is 4.37. The molecule has 0 aliphatic rings. The van der Waals surface area contributed by atoms with Gasteiger partial charge in [0.1, 0.15) is 13.2 Å². The topological polar surface area (TPSA) is 199 Å². The zero-order valence-corrected chi connectivity index (χ0v) is 30.5. The van der Waals surface area contributed by atoms with E-state index in [1.54, 1.807) is 0 Å². The zero-order chi connectivity index (χ0) is 36.8. The summed E-state index contributed by atoms with van der Waals surface area (Å²) in [6.45, 7) is 2.48. The van der Waals surface area contributed by atoms with E-state index in [4.69, 9.17) is 29.2 Å². The van der Waals surface area contributed by atoms with Crippen LogP contribution in [0.25, 0.3) is 0 Å². The fourth-order valence-electron chi connectivity index (χ4n) is 5.02. The first-order chi connectivity index (χ1) is 24.3. The molecule has 3 amide bonds. The summed E-state index contributed by atoms with van der Waals surface area (Å²) in [6, 6.07) is 0. The number of ether oxygens (including phenoxy) is 4. The average molecular weight is 718 g/mol. The summed E-state index contributed by atoms with van der Waals surface area (Å²) in [6.07, 6.45) is 20.1. The molecule has 292 valence electrons. The number of amides is 3. The van der Waals surface area contributed by atoms with Crippen molar-refractivity contribution in [3.8, 4) is 0 Å². The van der Waals surface area contributed by atoms with Gasteiger partial charge in [-0.1, -0.05) is 83.5 Å². The Balaban J connectivity index is 3.33. The van der Waals surface area contributed by atoms with Gasteiger partial charge in [-0.05, 0) is 25.7 Å². The summed E-state index contributed by atoms with van der Waals surface area (Å²) in [5, 5.41) is 25.5. The van der Waals surface area contributed by atoms with Gasteiger partial charge in [-0.15, -0.1) is 0 Å². The highest BCUT2D eigenvalue weighted by Gasteiger charge is 2.04. The number of carboxylic acid groups (broad SMARTS) is 2. The molecule has 0 unspecified atom stereocenters. The van der Waals surface area contributed by atoms with Gasteiger partial charge in [0.15, 0.2) is 0 Å². The number of nitrogens with one attached hydrogen (secondary N) is 3. The lowest BCUT2D eigenvalue weighted by Gasteiger charge is -2.08. The third-order valence-electron chi connectivity index (χ3n) is 7.79. The molecule has 5 N–H and O–H groups in total. The van der Waals surface area contributed by atoms with Gasteiger partial charge in [-0.3, -0.25) is 19.2 Å². The molecule has 0 aromatic heterocycles. The van der Waals surface area contributed by atoms with Gasteiger partial charge in [0, 0.05) is 38.9 Å². The van der Waals surface area contributed by atoms with Crippen molar-refractivity contribution in [2.24, 2.45) is 0 Å². The lowest BCUT2D eigenvalue weighted by Crippen LogP contribution is -2.31. The fraction of sp³-hybridized carbons (Fsp3) is 0.861. The molecule has 50 heavy (non-hydrogen) atoms. The summed E-state index contributed by atoms with van der Waals surface area (Å²) in [5.41, 5.74) is 0. The SMILES string of the molecule is O=C(O)CCCCCCCCCCCCCCCCC(=O)NCCCCCC(=O)NCCOCCOCC(=O)NCCOCCOCC(=O)O. The smallest absolute Gasteiger partial charge is 0.329 e. The van der Waals surface area contributed by atoms with Gasteiger partial charge in [-0.2, -0.15) is 0 Å². The van der Waals surface area contributed by atoms with Crippen LogP contribution in [-0.2, 0) is 42.9 Å². The third-order valence-corrected chi connectivity index (χ3v) is 7.79. The zero-order valence-electron chi connectivity index (χ0n) is 30.5. The van der Waals surface area contributed by atoms with Crippen molar-refractivity contribution >= 4 is 29.7 Å². The summed E-state index contributed by atoms with van der Waals surface area (Å²) in [4.78, 5) is 56.5. The van der Waals surface area contributed by atoms with Crippen molar-refractivity contribution in [3.63, 3.8) is 0 Å². The molecule has 0 bridgehead atoms. The standard InChI is InChI=1S/C36H67N3O11/c40-32(18-14-11-9-7-5-3-1-2-4-6-8-10-12-16-20-35(43)44)37-21-17-13-15-19-33(41)38-22-24-47-26-28-49-30-34(42)39-23-25-48-27-29-50-31-36(45)46/h1-31H2,(H,37,40)(H,38,41)(H,39,42)(H,43,44)(H,45,46). The maximum atomic E-state index is 12.0. The Morgan fingerprint density at radius 3 is 1.16 bits per heavy atom. The van der Waals surface area contributed by atoms with E-state index in [9.17, 15) is 24.0 Å². The molecule has 0 aliphatic heterocycles. The maximum Gasteiger partial charge on any atom is 0.329 e. The van der Waals surface area contributed by atoms with Crippen molar-refractivity contribution in [2.45, 2.75) is 128 Å². The number of rotatable bonds is 39. The monoisotopic (exact) mass is 717 g/mol. The van der Waals surface area contributed by atoms with Crippen LogP contribution in [0.15, 0.2) is 0 Å². The Morgan fingerprint density at radius 2 is 0.700 bits per heavy atom. The molecule has 14 heteroatoms. The van der Waals surface area contributed by atoms with Crippen LogP contribution in [-0.4, -0.2) is 112 Å². The number of hydrogen-bond acceptors (Lipinski definition) is 9. The summed E-state index contributed by atoms with van der Waals surface area (Å²) in [7, 11) is 0. The normalized spacial score (nSPS) is 11.0. The van der Waals surface area contributed by atoms with E-state index in [1.807, 2.05) is 0 Å². The number of carbonyl (C=O) groups excluding carboxylic acids is 3. The van der Waals surface area contributed by atoms with Gasteiger partial charge < -0.3 is 45.1 Å². The maximum absolute atomic E-state index is 12.0. The molecular formula is C36H67N3O11. The highest BCUT2D eigenvalue weighted by molar-refractivity contribution is 5.77. The molecule has 0 fully saturated rings. The second-order valence-corrected chi connectivity index (χ2v) is 12.4. The van der Waals surface area contributed by atoms with Crippen LogP contribution in [0.4, 0.5) is 0 Å². The van der Waals surface area contributed by atoms with Crippen LogP contribution >= 0.6 is 0 Å². The van der Waals surface area contributed by atoms with Crippen LogP contribution in [0.1, 0.15) is 128 Å². The molecular weight excluding hydrogens is 650 g/mol. The van der Waals surface area contributed by atoms with Crippen molar-refractivity contribution < 1.29 is 53.1 Å². The number of carboxylic acids is 2. The molecule has 0 aliphatic carbocycles. The van der Waals surface area contributed by atoms with Gasteiger partial charge in [-0.25, -0.2) is 4.79 Å². The van der Waals surface area contributed by atoms with E-state index in [0.717, 1.165) is 51.4 Å². The number of carbonyl (C=O) groups is 5. The Morgan fingerprint density at radius 1 is 0.340 bits per heavy atom. The van der Waals surface area contributed by atoms with Crippen LogP contribution < -0.4 is 16.0 Å². The van der Waals surface area contributed by atoms with E-state index >= 15 is 0 Å². The molecule has 0 aromatic rings. The molecule has 0 saturated heterocycles. The van der Waals surface area contributed by atoms with E-state index in [0.29, 0.717) is 52.1 Å². The van der Waals surface area contributed by atoms with Crippen molar-refractivity contribution in [3.05, 3.63) is 0 Å². The second kappa shape index (κ2) is 37.4. The molecule has 0 saturated carbocycles. The van der Waals surface area contributed by atoms with Gasteiger partial charge in [0.2, 0.25) is 17.7 Å². The molecule has 0 rings (SSSR count). The average Bonchev–Trinajstić information content (AvgIpc) is 3.08. The molecule has 0 heterocycles. The Hall–Kier alpha value is -2.81. The quantitative estimate of drug-likeness (QED) is 0.0566. The molecule has 0 radical (unpaired) electrons. The van der Waals surface area contributed by atoms with E-state index in [2.05, 4.69) is 16.0 Å². The van der Waals surface area contributed by atoms with Gasteiger partial charge in [0.25, 0.3) is 0 Å². The minimum Gasteiger partial charge on any atom is -0.481 e. The van der Waals surface area contributed by atoms with Crippen LogP contribution in [0.2, 0.25) is 0 Å². The highest BCUT2D eigenvalue weighted by atomic mass is 16.5. The first-order valence-electron chi connectivity index (χ1n) is 18.9. The molecule has 0 atom stereocenters. The minimum absolute atomic E-state index is 0.0272. The lowest BCUT2D eigenvalue weighted by atomic mass is 10.0. The Bertz CT molecular complexity index is 861. The van der Waals surface area contributed by atoms with Crippen LogP contribution in [0, 0.1) is 0 Å². The predicted molar refractivity (Wildman–Crippen MR) is 190 cm³/mol. The third kappa shape index (κ3) is 39.6. The minimum atomic E-state index is -1.04. The Kier molecular flexibility index (Phi) is 35.3.